The molecule has 1 heterocycles. The fraction of sp³-hybridized carbons (Fsp3) is 0.267. The van der Waals surface area contributed by atoms with E-state index < -0.39 is 0 Å². The highest BCUT2D eigenvalue weighted by molar-refractivity contribution is 5.63. The molecule has 100 valence electrons. The van der Waals surface area contributed by atoms with Crippen LogP contribution in [0.1, 0.15) is 18.9 Å². The fourth-order valence-corrected chi connectivity index (χ4v) is 1.75. The molecule has 19 heavy (non-hydrogen) atoms. The highest BCUT2D eigenvalue weighted by Crippen LogP contribution is 2.22. The third kappa shape index (κ3) is 3.68. The lowest BCUT2D eigenvalue weighted by Crippen LogP contribution is -2.02. The van der Waals surface area contributed by atoms with Gasteiger partial charge >= 0.3 is 0 Å². The maximum atomic E-state index is 13.7. The second-order valence-corrected chi connectivity index (χ2v) is 4.46. The van der Waals surface area contributed by atoms with Crippen LogP contribution >= 0.6 is 0 Å². The molecule has 4 heteroatoms. The van der Waals surface area contributed by atoms with Gasteiger partial charge in [0, 0.05) is 24.5 Å². The van der Waals surface area contributed by atoms with Crippen LogP contribution in [0.2, 0.25) is 0 Å². The average Bonchev–Trinajstić information content (AvgIpc) is 2.41. The zero-order valence-corrected chi connectivity index (χ0v) is 11.2. The average molecular weight is 259 g/mol. The number of nitrogens with one attached hydrogen (secondary N) is 2. The molecule has 2 aromatic rings. The largest absolute Gasteiger partial charge is 0.370 e. The van der Waals surface area contributed by atoms with Crippen molar-refractivity contribution in [2.75, 3.05) is 17.2 Å². The quantitative estimate of drug-likeness (QED) is 0.849. The molecule has 2 rings (SSSR count). The van der Waals surface area contributed by atoms with Crippen molar-refractivity contribution in [3.63, 3.8) is 0 Å². The Morgan fingerprint density at radius 1 is 1.21 bits per heavy atom. The molecule has 0 aliphatic rings. The highest BCUT2D eigenvalue weighted by Gasteiger charge is 2.03. The molecule has 0 saturated carbocycles. The molecule has 2 N–H and O–H groups in total. The fourth-order valence-electron chi connectivity index (χ4n) is 1.75. The Morgan fingerprint density at radius 2 is 2.05 bits per heavy atom. The molecule has 0 saturated heterocycles. The summed E-state index contributed by atoms with van der Waals surface area (Å²) in [4.78, 5) is 4.21. The normalized spacial score (nSPS) is 10.3. The van der Waals surface area contributed by atoms with Gasteiger partial charge in [-0.15, -0.1) is 0 Å². The SMILES string of the molecule is CCCNc1cc(Nc2cc(C)ccc2F)ccn1. The number of nitrogens with zero attached hydrogens (tertiary/aromatic N) is 1. The van der Waals surface area contributed by atoms with Gasteiger partial charge in [0.05, 0.1) is 5.69 Å². The second-order valence-electron chi connectivity index (χ2n) is 4.46. The van der Waals surface area contributed by atoms with Crippen molar-refractivity contribution in [1.82, 2.24) is 4.98 Å². The standard InChI is InChI=1S/C15H18FN3/c1-3-7-17-15-10-12(6-8-18-15)19-14-9-11(2)4-5-13(14)16/h4-6,8-10H,3,7H2,1-2H3,(H2,17,18,19). The smallest absolute Gasteiger partial charge is 0.146 e. The summed E-state index contributed by atoms with van der Waals surface area (Å²) in [6.45, 7) is 4.90. The van der Waals surface area contributed by atoms with E-state index in [1.807, 2.05) is 19.1 Å². The summed E-state index contributed by atoms with van der Waals surface area (Å²) in [5.74, 6) is 0.533. The zero-order chi connectivity index (χ0) is 13.7. The maximum Gasteiger partial charge on any atom is 0.146 e. The molecule has 0 radical (unpaired) electrons. The molecule has 0 fully saturated rings. The molecule has 0 amide bonds. The van der Waals surface area contributed by atoms with Gasteiger partial charge in [-0.2, -0.15) is 0 Å². The van der Waals surface area contributed by atoms with Crippen molar-refractivity contribution in [1.29, 1.82) is 0 Å². The number of anilines is 3. The first-order valence-corrected chi connectivity index (χ1v) is 6.42. The van der Waals surface area contributed by atoms with Crippen molar-refractivity contribution >= 4 is 17.2 Å². The maximum absolute atomic E-state index is 13.7. The first-order chi connectivity index (χ1) is 9.19. The van der Waals surface area contributed by atoms with Gasteiger partial charge in [0.25, 0.3) is 0 Å². The Bertz CT molecular complexity index is 555. The molecule has 0 unspecified atom stereocenters. The third-order valence-corrected chi connectivity index (χ3v) is 2.72. The number of hydrogen-bond donors (Lipinski definition) is 2. The summed E-state index contributed by atoms with van der Waals surface area (Å²) < 4.78 is 13.7. The van der Waals surface area contributed by atoms with Gasteiger partial charge < -0.3 is 10.6 Å². The van der Waals surface area contributed by atoms with E-state index in [4.69, 9.17) is 0 Å². The van der Waals surface area contributed by atoms with Gasteiger partial charge in [0.2, 0.25) is 0 Å². The van der Waals surface area contributed by atoms with Gasteiger partial charge in [-0.3, -0.25) is 0 Å². The first-order valence-electron chi connectivity index (χ1n) is 6.42. The summed E-state index contributed by atoms with van der Waals surface area (Å²) in [5.41, 5.74) is 2.31. The number of aromatic nitrogens is 1. The predicted molar refractivity (Wildman–Crippen MR) is 77.4 cm³/mol. The summed E-state index contributed by atoms with van der Waals surface area (Å²) in [6, 6.07) is 8.70. The number of benzene rings is 1. The van der Waals surface area contributed by atoms with E-state index in [2.05, 4.69) is 22.5 Å². The predicted octanol–water partition coefficient (Wildman–Crippen LogP) is 4.09. The Morgan fingerprint density at radius 3 is 2.84 bits per heavy atom. The number of halogens is 1. The highest BCUT2D eigenvalue weighted by atomic mass is 19.1. The lowest BCUT2D eigenvalue weighted by molar-refractivity contribution is 0.631. The molecule has 0 bridgehead atoms. The van der Waals surface area contributed by atoms with Crippen LogP contribution in [0.3, 0.4) is 0 Å². The lowest BCUT2D eigenvalue weighted by Gasteiger charge is -2.10. The van der Waals surface area contributed by atoms with Gasteiger partial charge in [0.15, 0.2) is 0 Å². The van der Waals surface area contributed by atoms with E-state index in [-0.39, 0.29) is 5.82 Å². The molecule has 0 atom stereocenters. The van der Waals surface area contributed by atoms with Gasteiger partial charge in [0.1, 0.15) is 11.6 Å². The summed E-state index contributed by atoms with van der Waals surface area (Å²) in [7, 11) is 0. The van der Waals surface area contributed by atoms with Crippen molar-refractivity contribution in [2.45, 2.75) is 20.3 Å². The summed E-state index contributed by atoms with van der Waals surface area (Å²) in [5, 5.41) is 6.28. The van der Waals surface area contributed by atoms with E-state index in [1.54, 1.807) is 18.3 Å². The summed E-state index contributed by atoms with van der Waals surface area (Å²) >= 11 is 0. The number of pyridine rings is 1. The Kier molecular flexibility index (Phi) is 4.34. The van der Waals surface area contributed by atoms with Crippen molar-refractivity contribution in [3.05, 3.63) is 47.9 Å². The molecular weight excluding hydrogens is 241 g/mol. The molecule has 1 aromatic carbocycles. The zero-order valence-electron chi connectivity index (χ0n) is 11.2. The van der Waals surface area contributed by atoms with Crippen LogP contribution in [0.4, 0.5) is 21.6 Å². The van der Waals surface area contributed by atoms with E-state index in [9.17, 15) is 4.39 Å². The van der Waals surface area contributed by atoms with Crippen LogP contribution in [-0.4, -0.2) is 11.5 Å². The number of rotatable bonds is 5. The minimum Gasteiger partial charge on any atom is -0.370 e. The minimum atomic E-state index is -0.259. The number of hydrogen-bond acceptors (Lipinski definition) is 3. The van der Waals surface area contributed by atoms with Crippen molar-refractivity contribution in [3.8, 4) is 0 Å². The Hall–Kier alpha value is -2.10. The van der Waals surface area contributed by atoms with Crippen LogP contribution < -0.4 is 10.6 Å². The van der Waals surface area contributed by atoms with E-state index in [0.717, 1.165) is 30.0 Å². The topological polar surface area (TPSA) is 37.0 Å². The molecular formula is C15H18FN3. The van der Waals surface area contributed by atoms with E-state index in [1.165, 1.54) is 6.07 Å². The van der Waals surface area contributed by atoms with Crippen LogP contribution in [0.25, 0.3) is 0 Å². The Labute approximate surface area is 112 Å². The van der Waals surface area contributed by atoms with E-state index >= 15 is 0 Å². The second kappa shape index (κ2) is 6.18. The molecule has 0 aliphatic heterocycles. The minimum absolute atomic E-state index is 0.259. The van der Waals surface area contributed by atoms with Crippen molar-refractivity contribution < 1.29 is 4.39 Å². The summed E-state index contributed by atoms with van der Waals surface area (Å²) in [6.07, 6.45) is 2.74. The van der Waals surface area contributed by atoms with E-state index in [0.29, 0.717) is 5.69 Å². The number of aryl methyl sites for hydroxylation is 1. The van der Waals surface area contributed by atoms with Gasteiger partial charge in [-0.1, -0.05) is 13.0 Å². The molecule has 0 spiro atoms. The lowest BCUT2D eigenvalue weighted by atomic mass is 10.2. The first kappa shape index (κ1) is 13.3. The van der Waals surface area contributed by atoms with Crippen LogP contribution in [0, 0.1) is 12.7 Å². The van der Waals surface area contributed by atoms with Crippen LogP contribution in [0.15, 0.2) is 36.5 Å². The Balaban J connectivity index is 2.16. The van der Waals surface area contributed by atoms with Crippen LogP contribution in [0.5, 0.6) is 0 Å². The monoisotopic (exact) mass is 259 g/mol. The molecule has 0 aliphatic carbocycles. The molecule has 1 aromatic heterocycles. The van der Waals surface area contributed by atoms with Gasteiger partial charge in [-0.25, -0.2) is 9.37 Å². The van der Waals surface area contributed by atoms with Crippen molar-refractivity contribution in [2.24, 2.45) is 0 Å². The molecule has 3 nitrogen and oxygen atoms in total. The van der Waals surface area contributed by atoms with Crippen LogP contribution in [-0.2, 0) is 0 Å². The van der Waals surface area contributed by atoms with Gasteiger partial charge in [-0.05, 0) is 37.1 Å². The third-order valence-electron chi connectivity index (χ3n) is 2.72.